The molecule has 0 fully saturated rings. The van der Waals surface area contributed by atoms with Crippen LogP contribution in [0, 0.1) is 11.3 Å². The van der Waals surface area contributed by atoms with Crippen molar-refractivity contribution in [1.29, 1.82) is 0 Å². The van der Waals surface area contributed by atoms with Crippen molar-refractivity contribution in [3.63, 3.8) is 0 Å². The Morgan fingerprint density at radius 1 is 1.00 bits per heavy atom. The maximum atomic E-state index is 5.48. The second kappa shape index (κ2) is 8.34. The smallest absolute Gasteiger partial charge is 0.0543 e. The van der Waals surface area contributed by atoms with Gasteiger partial charge in [0.2, 0.25) is 0 Å². The first kappa shape index (κ1) is 16.2. The summed E-state index contributed by atoms with van der Waals surface area (Å²) in [6.45, 7) is 6.05. The van der Waals surface area contributed by atoms with Crippen LogP contribution in [-0.2, 0) is 15.9 Å². The molecule has 0 unspecified atom stereocenters. The molecule has 0 aliphatic carbocycles. The zero-order valence-corrected chi connectivity index (χ0v) is 12.8. The zero-order chi connectivity index (χ0) is 14.1. The summed E-state index contributed by atoms with van der Waals surface area (Å²) in [5, 5.41) is 0. The molecule has 0 saturated heterocycles. The van der Waals surface area contributed by atoms with Crippen LogP contribution in [0.4, 0.5) is 0 Å². The molecule has 0 heterocycles. The molecule has 19 heavy (non-hydrogen) atoms. The second-order valence-corrected chi connectivity index (χ2v) is 5.96. The number of methoxy groups -OCH3 is 2. The normalized spacial score (nSPS) is 12.1. The van der Waals surface area contributed by atoms with Crippen LogP contribution in [0.1, 0.15) is 32.3 Å². The highest BCUT2D eigenvalue weighted by Crippen LogP contribution is 2.31. The summed E-state index contributed by atoms with van der Waals surface area (Å²) >= 11 is 0. The Hall–Kier alpha value is -0.860. The van der Waals surface area contributed by atoms with Crippen molar-refractivity contribution in [3.8, 4) is 0 Å². The Bertz CT molecular complexity index is 326. The van der Waals surface area contributed by atoms with Crippen LogP contribution in [0.25, 0.3) is 0 Å². The summed E-state index contributed by atoms with van der Waals surface area (Å²) < 4.78 is 11.0. The minimum absolute atomic E-state index is 0.0924. The van der Waals surface area contributed by atoms with Gasteiger partial charge >= 0.3 is 0 Å². The Morgan fingerprint density at radius 3 is 2.05 bits per heavy atom. The van der Waals surface area contributed by atoms with Gasteiger partial charge in [-0.15, -0.1) is 0 Å². The van der Waals surface area contributed by atoms with Crippen LogP contribution in [-0.4, -0.2) is 27.4 Å². The van der Waals surface area contributed by atoms with E-state index in [0.717, 1.165) is 26.1 Å². The molecule has 0 amide bonds. The van der Waals surface area contributed by atoms with Gasteiger partial charge in [0.25, 0.3) is 0 Å². The summed E-state index contributed by atoms with van der Waals surface area (Å²) in [6, 6.07) is 10.6. The van der Waals surface area contributed by atoms with Crippen LogP contribution >= 0.6 is 0 Å². The molecule has 108 valence electrons. The fraction of sp³-hybridized carbons (Fsp3) is 0.647. The van der Waals surface area contributed by atoms with Gasteiger partial charge in [-0.25, -0.2) is 0 Å². The SMILES string of the molecule is COCC(CCC(C)C)(COC)Cc1ccccc1. The van der Waals surface area contributed by atoms with Crippen molar-refractivity contribution in [2.45, 2.75) is 33.1 Å². The molecular weight excluding hydrogens is 236 g/mol. The molecule has 2 heteroatoms. The molecule has 0 aliphatic rings. The lowest BCUT2D eigenvalue weighted by molar-refractivity contribution is 0.00133. The van der Waals surface area contributed by atoms with Gasteiger partial charge in [0.15, 0.2) is 0 Å². The minimum Gasteiger partial charge on any atom is -0.384 e. The second-order valence-electron chi connectivity index (χ2n) is 5.96. The van der Waals surface area contributed by atoms with Gasteiger partial charge in [-0.05, 0) is 24.3 Å². The van der Waals surface area contributed by atoms with Crippen LogP contribution in [0.5, 0.6) is 0 Å². The molecule has 0 aliphatic heterocycles. The van der Waals surface area contributed by atoms with Gasteiger partial charge < -0.3 is 9.47 Å². The van der Waals surface area contributed by atoms with Crippen molar-refractivity contribution in [2.24, 2.45) is 11.3 Å². The topological polar surface area (TPSA) is 18.5 Å². The van der Waals surface area contributed by atoms with Crippen molar-refractivity contribution >= 4 is 0 Å². The molecule has 0 spiro atoms. The molecule has 0 aromatic heterocycles. The Kier molecular flexibility index (Phi) is 7.11. The van der Waals surface area contributed by atoms with Gasteiger partial charge in [-0.1, -0.05) is 50.6 Å². The lowest BCUT2D eigenvalue weighted by atomic mass is 9.77. The summed E-state index contributed by atoms with van der Waals surface area (Å²) in [6.07, 6.45) is 3.36. The Labute approximate surface area is 118 Å². The molecule has 0 atom stereocenters. The summed E-state index contributed by atoms with van der Waals surface area (Å²) in [5.41, 5.74) is 1.45. The van der Waals surface area contributed by atoms with Gasteiger partial charge in [-0.3, -0.25) is 0 Å². The maximum absolute atomic E-state index is 5.48. The molecule has 1 rings (SSSR count). The summed E-state index contributed by atoms with van der Waals surface area (Å²) in [4.78, 5) is 0. The number of rotatable bonds is 9. The Morgan fingerprint density at radius 2 is 1.58 bits per heavy atom. The summed E-state index contributed by atoms with van der Waals surface area (Å²) in [7, 11) is 3.57. The minimum atomic E-state index is 0.0924. The van der Waals surface area contributed by atoms with E-state index in [-0.39, 0.29) is 5.41 Å². The number of ether oxygens (including phenoxy) is 2. The molecular formula is C17H28O2. The van der Waals surface area contributed by atoms with E-state index in [9.17, 15) is 0 Å². The fourth-order valence-electron chi connectivity index (χ4n) is 2.61. The molecule has 1 aromatic rings. The van der Waals surface area contributed by atoms with E-state index in [1.54, 1.807) is 14.2 Å². The van der Waals surface area contributed by atoms with E-state index in [1.807, 2.05) is 0 Å². The van der Waals surface area contributed by atoms with E-state index in [0.29, 0.717) is 5.92 Å². The average molecular weight is 264 g/mol. The monoisotopic (exact) mass is 264 g/mol. The molecule has 1 aromatic carbocycles. The quantitative estimate of drug-likeness (QED) is 0.672. The third kappa shape index (κ3) is 5.75. The largest absolute Gasteiger partial charge is 0.384 e. The predicted molar refractivity (Wildman–Crippen MR) is 80.4 cm³/mol. The number of hydrogen-bond donors (Lipinski definition) is 0. The van der Waals surface area contributed by atoms with E-state index in [1.165, 1.54) is 12.0 Å². The lowest BCUT2D eigenvalue weighted by Crippen LogP contribution is -2.34. The van der Waals surface area contributed by atoms with E-state index in [2.05, 4.69) is 44.2 Å². The fourth-order valence-corrected chi connectivity index (χ4v) is 2.61. The Balaban J connectivity index is 2.81. The van der Waals surface area contributed by atoms with Crippen LogP contribution < -0.4 is 0 Å². The van der Waals surface area contributed by atoms with E-state index >= 15 is 0 Å². The molecule has 2 nitrogen and oxygen atoms in total. The number of benzene rings is 1. The molecule has 0 saturated carbocycles. The third-order valence-corrected chi connectivity index (χ3v) is 3.58. The van der Waals surface area contributed by atoms with Gasteiger partial charge in [0, 0.05) is 19.6 Å². The van der Waals surface area contributed by atoms with E-state index in [4.69, 9.17) is 9.47 Å². The lowest BCUT2D eigenvalue weighted by Gasteiger charge is -2.33. The van der Waals surface area contributed by atoms with Crippen LogP contribution in [0.3, 0.4) is 0 Å². The highest BCUT2D eigenvalue weighted by Gasteiger charge is 2.30. The van der Waals surface area contributed by atoms with Crippen LogP contribution in [0.2, 0.25) is 0 Å². The van der Waals surface area contributed by atoms with Crippen molar-refractivity contribution < 1.29 is 9.47 Å². The molecule has 0 bridgehead atoms. The van der Waals surface area contributed by atoms with Gasteiger partial charge in [0.05, 0.1) is 13.2 Å². The highest BCUT2D eigenvalue weighted by atomic mass is 16.5. The highest BCUT2D eigenvalue weighted by molar-refractivity contribution is 5.16. The number of hydrogen-bond acceptors (Lipinski definition) is 2. The molecule has 0 radical (unpaired) electrons. The standard InChI is InChI=1S/C17H28O2/c1-15(2)10-11-17(13-18-3,14-19-4)12-16-8-6-5-7-9-16/h5-9,15H,10-14H2,1-4H3. The molecule has 0 N–H and O–H groups in total. The van der Waals surface area contributed by atoms with Crippen molar-refractivity contribution in [3.05, 3.63) is 35.9 Å². The summed E-state index contributed by atoms with van der Waals surface area (Å²) in [5.74, 6) is 0.712. The third-order valence-electron chi connectivity index (χ3n) is 3.58. The van der Waals surface area contributed by atoms with Crippen molar-refractivity contribution in [1.82, 2.24) is 0 Å². The predicted octanol–water partition coefficient (Wildman–Crippen LogP) is 3.94. The maximum Gasteiger partial charge on any atom is 0.0543 e. The van der Waals surface area contributed by atoms with Crippen LogP contribution in [0.15, 0.2) is 30.3 Å². The van der Waals surface area contributed by atoms with Gasteiger partial charge in [0.1, 0.15) is 0 Å². The first-order valence-electron chi connectivity index (χ1n) is 7.14. The van der Waals surface area contributed by atoms with Crippen molar-refractivity contribution in [2.75, 3.05) is 27.4 Å². The first-order chi connectivity index (χ1) is 9.12. The average Bonchev–Trinajstić information content (AvgIpc) is 2.38. The van der Waals surface area contributed by atoms with E-state index < -0.39 is 0 Å². The first-order valence-corrected chi connectivity index (χ1v) is 7.14. The van der Waals surface area contributed by atoms with Gasteiger partial charge in [-0.2, -0.15) is 0 Å². The zero-order valence-electron chi connectivity index (χ0n) is 12.8.